The third-order valence-electron chi connectivity index (χ3n) is 2.82. The first-order chi connectivity index (χ1) is 6.56. The van der Waals surface area contributed by atoms with Gasteiger partial charge in [0.2, 0.25) is 5.91 Å². The summed E-state index contributed by atoms with van der Waals surface area (Å²) in [5.74, 6) is -0.0237. The number of ether oxygens (including phenoxy) is 1. The predicted octanol–water partition coefficient (Wildman–Crippen LogP) is 0.568. The third-order valence-corrected chi connectivity index (χ3v) is 2.82. The van der Waals surface area contributed by atoms with Crippen molar-refractivity contribution in [2.24, 2.45) is 17.8 Å². The second kappa shape index (κ2) is 4.44. The lowest BCUT2D eigenvalue weighted by Crippen LogP contribution is -2.46. The minimum Gasteiger partial charge on any atom is -0.469 e. The highest BCUT2D eigenvalue weighted by Gasteiger charge is 2.36. The summed E-state index contributed by atoms with van der Waals surface area (Å²) in [7, 11) is 1.37. The van der Waals surface area contributed by atoms with Gasteiger partial charge in [0.15, 0.2) is 0 Å². The Labute approximate surface area is 84.0 Å². The summed E-state index contributed by atoms with van der Waals surface area (Å²) in [6, 6.07) is 0. The van der Waals surface area contributed by atoms with Crippen molar-refractivity contribution in [1.82, 2.24) is 5.32 Å². The molecule has 0 radical (unpaired) electrons. The lowest BCUT2D eigenvalue weighted by molar-refractivity contribution is -0.152. The molecule has 1 aliphatic rings. The fraction of sp³-hybridized carbons (Fsp3) is 0.800. The second-order valence-electron chi connectivity index (χ2n) is 4.05. The highest BCUT2D eigenvalue weighted by atomic mass is 16.5. The Morgan fingerprint density at radius 2 is 2.21 bits per heavy atom. The van der Waals surface area contributed by atoms with Crippen LogP contribution in [0.25, 0.3) is 0 Å². The quantitative estimate of drug-likeness (QED) is 0.661. The normalized spacial score (nSPS) is 27.3. The van der Waals surface area contributed by atoms with Crippen molar-refractivity contribution in [1.29, 1.82) is 0 Å². The van der Waals surface area contributed by atoms with Crippen LogP contribution in [0, 0.1) is 17.8 Å². The largest absolute Gasteiger partial charge is 0.469 e. The Hall–Kier alpha value is -1.06. The highest BCUT2D eigenvalue weighted by molar-refractivity contribution is 5.84. The molecule has 80 valence electrons. The van der Waals surface area contributed by atoms with Crippen LogP contribution in [0.5, 0.6) is 0 Å². The third kappa shape index (κ3) is 2.25. The molecule has 14 heavy (non-hydrogen) atoms. The molecule has 4 heteroatoms. The van der Waals surface area contributed by atoms with Crippen LogP contribution in [-0.4, -0.2) is 25.5 Å². The molecule has 2 unspecified atom stereocenters. The monoisotopic (exact) mass is 199 g/mol. The Balaban J connectivity index is 2.73. The summed E-state index contributed by atoms with van der Waals surface area (Å²) < 4.78 is 4.70. The van der Waals surface area contributed by atoms with E-state index in [0.717, 1.165) is 0 Å². The van der Waals surface area contributed by atoms with Crippen molar-refractivity contribution in [3.05, 3.63) is 0 Å². The molecule has 1 rings (SSSR count). The summed E-state index contributed by atoms with van der Waals surface area (Å²) >= 11 is 0. The van der Waals surface area contributed by atoms with E-state index < -0.39 is 0 Å². The first kappa shape index (κ1) is 11.0. The Bertz CT molecular complexity index is 238. The van der Waals surface area contributed by atoms with Crippen molar-refractivity contribution in [3.8, 4) is 0 Å². The van der Waals surface area contributed by atoms with E-state index in [2.05, 4.69) is 19.2 Å². The number of carbonyl (C=O) groups is 2. The van der Waals surface area contributed by atoms with Crippen LogP contribution in [0.4, 0.5) is 0 Å². The van der Waals surface area contributed by atoms with Gasteiger partial charge in [-0.3, -0.25) is 9.59 Å². The number of esters is 1. The van der Waals surface area contributed by atoms with E-state index in [1.807, 2.05) is 0 Å². The summed E-state index contributed by atoms with van der Waals surface area (Å²) in [5.41, 5.74) is 0. The number of rotatable bonds is 2. The maximum atomic E-state index is 11.4. The zero-order valence-electron chi connectivity index (χ0n) is 8.87. The average Bonchev–Trinajstić information content (AvgIpc) is 2.16. The summed E-state index contributed by atoms with van der Waals surface area (Å²) in [4.78, 5) is 22.6. The highest BCUT2D eigenvalue weighted by Crippen LogP contribution is 2.27. The fourth-order valence-corrected chi connectivity index (χ4v) is 1.91. The summed E-state index contributed by atoms with van der Waals surface area (Å²) in [6.07, 6.45) is 0.259. The van der Waals surface area contributed by atoms with Gasteiger partial charge in [0.1, 0.15) is 0 Å². The topological polar surface area (TPSA) is 55.4 Å². The van der Waals surface area contributed by atoms with Gasteiger partial charge in [0.25, 0.3) is 0 Å². The average molecular weight is 199 g/mol. The maximum absolute atomic E-state index is 11.4. The molecule has 1 aliphatic heterocycles. The van der Waals surface area contributed by atoms with Gasteiger partial charge in [-0.05, 0) is 11.8 Å². The van der Waals surface area contributed by atoms with Gasteiger partial charge in [0.05, 0.1) is 13.0 Å². The molecule has 1 heterocycles. The van der Waals surface area contributed by atoms with Gasteiger partial charge in [-0.2, -0.15) is 0 Å². The van der Waals surface area contributed by atoms with E-state index in [-0.39, 0.29) is 30.1 Å². The van der Waals surface area contributed by atoms with E-state index in [1.54, 1.807) is 0 Å². The van der Waals surface area contributed by atoms with Crippen LogP contribution in [-0.2, 0) is 14.3 Å². The van der Waals surface area contributed by atoms with Crippen LogP contribution in [0.15, 0.2) is 0 Å². The van der Waals surface area contributed by atoms with Gasteiger partial charge in [-0.15, -0.1) is 0 Å². The predicted molar refractivity (Wildman–Crippen MR) is 51.5 cm³/mol. The molecule has 4 nitrogen and oxygen atoms in total. The van der Waals surface area contributed by atoms with E-state index in [9.17, 15) is 9.59 Å². The van der Waals surface area contributed by atoms with Crippen LogP contribution in [0.1, 0.15) is 20.3 Å². The molecular formula is C10H17NO3. The number of hydrogen-bond acceptors (Lipinski definition) is 3. The van der Waals surface area contributed by atoms with Gasteiger partial charge >= 0.3 is 5.97 Å². The van der Waals surface area contributed by atoms with Crippen LogP contribution < -0.4 is 5.32 Å². The molecule has 2 atom stereocenters. The van der Waals surface area contributed by atoms with E-state index in [4.69, 9.17) is 4.74 Å². The maximum Gasteiger partial charge on any atom is 0.309 e. The number of carbonyl (C=O) groups excluding carboxylic acids is 2. The first-order valence-electron chi connectivity index (χ1n) is 4.90. The molecule has 0 bridgehead atoms. The molecule has 1 saturated heterocycles. The van der Waals surface area contributed by atoms with Crippen LogP contribution >= 0.6 is 0 Å². The molecule has 0 aromatic heterocycles. The lowest BCUT2D eigenvalue weighted by atomic mass is 9.79. The Morgan fingerprint density at radius 3 is 2.71 bits per heavy atom. The van der Waals surface area contributed by atoms with Gasteiger partial charge in [0, 0.05) is 13.0 Å². The van der Waals surface area contributed by atoms with E-state index >= 15 is 0 Å². The van der Waals surface area contributed by atoms with E-state index in [1.165, 1.54) is 7.11 Å². The standard InChI is InChI=1S/C10H17NO3/c1-6(2)8-5-11-9(12)4-7(8)10(13)14-3/h6-8H,4-5H2,1-3H3,(H,11,12). The number of nitrogens with one attached hydrogen (secondary N) is 1. The second-order valence-corrected chi connectivity index (χ2v) is 4.05. The number of piperidine rings is 1. The first-order valence-corrected chi connectivity index (χ1v) is 4.90. The SMILES string of the molecule is COC(=O)C1CC(=O)NCC1C(C)C. The van der Waals surface area contributed by atoms with Crippen molar-refractivity contribution < 1.29 is 14.3 Å². The van der Waals surface area contributed by atoms with Crippen molar-refractivity contribution in [2.75, 3.05) is 13.7 Å². The fourth-order valence-electron chi connectivity index (χ4n) is 1.91. The van der Waals surface area contributed by atoms with E-state index in [0.29, 0.717) is 12.5 Å². The van der Waals surface area contributed by atoms with Gasteiger partial charge < -0.3 is 10.1 Å². The Morgan fingerprint density at radius 1 is 1.57 bits per heavy atom. The zero-order chi connectivity index (χ0) is 10.7. The van der Waals surface area contributed by atoms with Crippen molar-refractivity contribution in [2.45, 2.75) is 20.3 Å². The van der Waals surface area contributed by atoms with Crippen LogP contribution in [0.3, 0.4) is 0 Å². The minimum atomic E-state index is -0.270. The number of hydrogen-bond donors (Lipinski definition) is 1. The molecule has 1 amide bonds. The molecule has 0 spiro atoms. The van der Waals surface area contributed by atoms with Crippen molar-refractivity contribution >= 4 is 11.9 Å². The van der Waals surface area contributed by atoms with Gasteiger partial charge in [-0.1, -0.05) is 13.8 Å². The molecule has 0 aliphatic carbocycles. The number of amides is 1. The summed E-state index contributed by atoms with van der Waals surface area (Å²) in [5, 5.41) is 2.78. The molecule has 1 N–H and O–H groups in total. The summed E-state index contributed by atoms with van der Waals surface area (Å²) in [6.45, 7) is 4.69. The van der Waals surface area contributed by atoms with Gasteiger partial charge in [-0.25, -0.2) is 0 Å². The lowest BCUT2D eigenvalue weighted by Gasteiger charge is -2.32. The Kier molecular flexibility index (Phi) is 3.49. The molecule has 0 aromatic rings. The van der Waals surface area contributed by atoms with Crippen LogP contribution in [0.2, 0.25) is 0 Å². The smallest absolute Gasteiger partial charge is 0.309 e. The minimum absolute atomic E-state index is 0.0581. The molecule has 1 fully saturated rings. The zero-order valence-corrected chi connectivity index (χ0v) is 8.87. The molecule has 0 saturated carbocycles. The van der Waals surface area contributed by atoms with Crippen molar-refractivity contribution in [3.63, 3.8) is 0 Å². The molecule has 0 aromatic carbocycles. The number of methoxy groups -OCH3 is 1. The molecular weight excluding hydrogens is 182 g/mol.